The average Bonchev–Trinajstić information content (AvgIpc) is 2.81. The van der Waals surface area contributed by atoms with Crippen LogP contribution in [0.4, 0.5) is 0 Å². The van der Waals surface area contributed by atoms with Gasteiger partial charge >= 0.3 is 5.97 Å². The smallest absolute Gasteiger partial charge is 0.330 e. The van der Waals surface area contributed by atoms with Crippen LogP contribution in [-0.4, -0.2) is 45.3 Å². The molecule has 96 valence electrons. The fourth-order valence-corrected chi connectivity index (χ4v) is 2.27. The standard InChI is InChI=1S/C12H18O5/c1-14-11(13)4-2-3-10-9-15-6-5-12(10)16-7-8-17-12/h2,4,10H,3,5-9H2,1H3/b4-2+. The summed E-state index contributed by atoms with van der Waals surface area (Å²) in [5.41, 5.74) is 0. The molecule has 2 rings (SSSR count). The number of ether oxygens (including phenoxy) is 4. The first-order valence-corrected chi connectivity index (χ1v) is 5.87. The molecule has 0 saturated carbocycles. The van der Waals surface area contributed by atoms with E-state index in [0.29, 0.717) is 32.8 Å². The van der Waals surface area contributed by atoms with Gasteiger partial charge in [-0.2, -0.15) is 0 Å². The molecular weight excluding hydrogens is 224 g/mol. The zero-order chi connectivity index (χ0) is 12.1. The fourth-order valence-electron chi connectivity index (χ4n) is 2.27. The molecule has 5 nitrogen and oxygen atoms in total. The minimum Gasteiger partial charge on any atom is -0.466 e. The second-order valence-corrected chi connectivity index (χ2v) is 4.19. The first-order chi connectivity index (χ1) is 8.27. The van der Waals surface area contributed by atoms with Gasteiger partial charge in [0.1, 0.15) is 0 Å². The van der Waals surface area contributed by atoms with Crippen LogP contribution < -0.4 is 0 Å². The lowest BCUT2D eigenvalue weighted by atomic mass is 9.91. The van der Waals surface area contributed by atoms with Crippen molar-refractivity contribution in [2.24, 2.45) is 5.92 Å². The summed E-state index contributed by atoms with van der Waals surface area (Å²) < 4.78 is 21.4. The molecule has 2 heterocycles. The largest absolute Gasteiger partial charge is 0.466 e. The SMILES string of the molecule is COC(=O)/C=C/CC1COCCC12OCCO2. The van der Waals surface area contributed by atoms with Crippen LogP contribution in [-0.2, 0) is 23.7 Å². The average molecular weight is 242 g/mol. The van der Waals surface area contributed by atoms with Gasteiger partial charge in [0, 0.05) is 18.4 Å². The number of hydrogen-bond donors (Lipinski definition) is 0. The molecule has 0 aromatic heterocycles. The maximum atomic E-state index is 11.0. The monoisotopic (exact) mass is 242 g/mol. The number of allylic oxidation sites excluding steroid dienone is 1. The van der Waals surface area contributed by atoms with Crippen molar-refractivity contribution in [1.29, 1.82) is 0 Å². The highest BCUT2D eigenvalue weighted by Crippen LogP contribution is 2.37. The Labute approximate surface area is 101 Å². The summed E-state index contributed by atoms with van der Waals surface area (Å²) in [7, 11) is 1.36. The summed E-state index contributed by atoms with van der Waals surface area (Å²) in [5, 5.41) is 0. The van der Waals surface area contributed by atoms with Gasteiger partial charge in [-0.25, -0.2) is 4.79 Å². The molecule has 2 aliphatic heterocycles. The predicted octanol–water partition coefficient (Wildman–Crippen LogP) is 0.885. The van der Waals surface area contributed by atoms with Gasteiger partial charge < -0.3 is 18.9 Å². The fraction of sp³-hybridized carbons (Fsp3) is 0.750. The van der Waals surface area contributed by atoms with Gasteiger partial charge in [-0.3, -0.25) is 0 Å². The Hall–Kier alpha value is -0.910. The molecular formula is C12H18O5. The molecule has 0 bridgehead atoms. The van der Waals surface area contributed by atoms with E-state index in [1.807, 2.05) is 0 Å². The van der Waals surface area contributed by atoms with Gasteiger partial charge in [0.15, 0.2) is 5.79 Å². The summed E-state index contributed by atoms with van der Waals surface area (Å²) in [5.74, 6) is -0.706. The molecule has 0 aromatic carbocycles. The molecule has 1 spiro atoms. The number of methoxy groups -OCH3 is 1. The lowest BCUT2D eigenvalue weighted by Gasteiger charge is -2.38. The van der Waals surface area contributed by atoms with Crippen molar-refractivity contribution in [3.63, 3.8) is 0 Å². The number of carbonyl (C=O) groups is 1. The van der Waals surface area contributed by atoms with Crippen molar-refractivity contribution in [3.05, 3.63) is 12.2 Å². The van der Waals surface area contributed by atoms with Crippen LogP contribution in [0.3, 0.4) is 0 Å². The molecule has 0 aromatic rings. The van der Waals surface area contributed by atoms with E-state index in [9.17, 15) is 4.79 Å². The van der Waals surface area contributed by atoms with Gasteiger partial charge in [0.2, 0.25) is 0 Å². The van der Waals surface area contributed by atoms with E-state index in [2.05, 4.69) is 4.74 Å². The number of esters is 1. The van der Waals surface area contributed by atoms with Gasteiger partial charge in [0.05, 0.1) is 33.5 Å². The zero-order valence-corrected chi connectivity index (χ0v) is 10.0. The van der Waals surface area contributed by atoms with Crippen LogP contribution in [0.1, 0.15) is 12.8 Å². The van der Waals surface area contributed by atoms with Crippen LogP contribution in [0, 0.1) is 5.92 Å². The van der Waals surface area contributed by atoms with Crippen molar-refractivity contribution in [1.82, 2.24) is 0 Å². The Morgan fingerprint density at radius 2 is 2.18 bits per heavy atom. The minimum absolute atomic E-state index is 0.139. The summed E-state index contributed by atoms with van der Waals surface area (Å²) in [6.45, 7) is 2.54. The summed E-state index contributed by atoms with van der Waals surface area (Å²) in [4.78, 5) is 11.0. The highest BCUT2D eigenvalue weighted by atomic mass is 16.7. The van der Waals surface area contributed by atoms with Crippen molar-refractivity contribution in [2.45, 2.75) is 18.6 Å². The molecule has 2 fully saturated rings. The van der Waals surface area contributed by atoms with Crippen LogP contribution in [0.2, 0.25) is 0 Å². The Bertz CT molecular complexity index is 293. The van der Waals surface area contributed by atoms with E-state index in [0.717, 1.165) is 6.42 Å². The van der Waals surface area contributed by atoms with E-state index in [1.165, 1.54) is 13.2 Å². The first-order valence-electron chi connectivity index (χ1n) is 5.87. The molecule has 2 aliphatic rings. The highest BCUT2D eigenvalue weighted by Gasteiger charge is 2.45. The molecule has 1 unspecified atom stereocenters. The third kappa shape index (κ3) is 2.86. The predicted molar refractivity (Wildman–Crippen MR) is 59.3 cm³/mol. The Balaban J connectivity index is 1.93. The Morgan fingerprint density at radius 3 is 2.88 bits per heavy atom. The normalized spacial score (nSPS) is 27.7. The summed E-state index contributed by atoms with van der Waals surface area (Å²) in [6, 6.07) is 0. The highest BCUT2D eigenvalue weighted by molar-refractivity contribution is 5.81. The molecule has 1 atom stereocenters. The lowest BCUT2D eigenvalue weighted by Crippen LogP contribution is -2.46. The molecule has 2 saturated heterocycles. The number of carbonyl (C=O) groups excluding carboxylic acids is 1. The van der Waals surface area contributed by atoms with Gasteiger partial charge in [-0.1, -0.05) is 6.08 Å². The third-order valence-corrected chi connectivity index (χ3v) is 3.19. The van der Waals surface area contributed by atoms with E-state index < -0.39 is 5.79 Å². The molecule has 5 heteroatoms. The van der Waals surface area contributed by atoms with Crippen molar-refractivity contribution in [3.8, 4) is 0 Å². The van der Waals surface area contributed by atoms with E-state index in [-0.39, 0.29) is 11.9 Å². The van der Waals surface area contributed by atoms with Crippen LogP contribution in [0.25, 0.3) is 0 Å². The maximum absolute atomic E-state index is 11.0. The second kappa shape index (κ2) is 5.62. The van der Waals surface area contributed by atoms with Crippen molar-refractivity contribution < 1.29 is 23.7 Å². The van der Waals surface area contributed by atoms with E-state index in [1.54, 1.807) is 6.08 Å². The molecule has 0 amide bonds. The van der Waals surface area contributed by atoms with Crippen molar-refractivity contribution in [2.75, 3.05) is 33.5 Å². The second-order valence-electron chi connectivity index (χ2n) is 4.19. The van der Waals surface area contributed by atoms with Gasteiger partial charge in [0.25, 0.3) is 0 Å². The van der Waals surface area contributed by atoms with Gasteiger partial charge in [-0.15, -0.1) is 0 Å². The Morgan fingerprint density at radius 1 is 1.41 bits per heavy atom. The van der Waals surface area contributed by atoms with E-state index in [4.69, 9.17) is 14.2 Å². The Kier molecular flexibility index (Phi) is 4.15. The third-order valence-electron chi connectivity index (χ3n) is 3.19. The van der Waals surface area contributed by atoms with Crippen LogP contribution in [0.15, 0.2) is 12.2 Å². The zero-order valence-electron chi connectivity index (χ0n) is 10.0. The van der Waals surface area contributed by atoms with Crippen LogP contribution in [0.5, 0.6) is 0 Å². The summed E-state index contributed by atoms with van der Waals surface area (Å²) in [6.07, 6.45) is 4.66. The molecule has 17 heavy (non-hydrogen) atoms. The molecule has 0 aliphatic carbocycles. The maximum Gasteiger partial charge on any atom is 0.330 e. The van der Waals surface area contributed by atoms with Gasteiger partial charge in [-0.05, 0) is 6.42 Å². The summed E-state index contributed by atoms with van der Waals surface area (Å²) >= 11 is 0. The molecule has 0 radical (unpaired) electrons. The van der Waals surface area contributed by atoms with Crippen LogP contribution >= 0.6 is 0 Å². The van der Waals surface area contributed by atoms with Crippen molar-refractivity contribution >= 4 is 5.97 Å². The molecule has 0 N–H and O–H groups in total. The first kappa shape index (κ1) is 12.5. The van der Waals surface area contributed by atoms with E-state index >= 15 is 0 Å². The topological polar surface area (TPSA) is 54.0 Å². The quantitative estimate of drug-likeness (QED) is 0.543. The number of rotatable bonds is 3. The number of hydrogen-bond acceptors (Lipinski definition) is 5. The lowest BCUT2D eigenvalue weighted by molar-refractivity contribution is -0.238. The minimum atomic E-state index is -0.501.